The van der Waals surface area contributed by atoms with Crippen molar-refractivity contribution in [1.82, 2.24) is 15.5 Å². The zero-order chi connectivity index (χ0) is 16.2. The highest BCUT2D eigenvalue weighted by Gasteiger charge is 2.23. The lowest BCUT2D eigenvalue weighted by Gasteiger charge is -2.30. The minimum absolute atomic E-state index is 0.0145. The molecule has 6 nitrogen and oxygen atoms in total. The number of rotatable bonds is 3. The van der Waals surface area contributed by atoms with Crippen LogP contribution in [0.5, 0.6) is 0 Å². The van der Waals surface area contributed by atoms with E-state index in [2.05, 4.69) is 20.8 Å². The number of hydrogen-bond donors (Lipinski definition) is 3. The molecule has 1 aromatic heterocycles. The summed E-state index contributed by atoms with van der Waals surface area (Å²) in [5, 5.41) is 14.7. The number of hydrogen-bond acceptors (Lipinski definition) is 4. The maximum atomic E-state index is 12.0. The van der Waals surface area contributed by atoms with Crippen LogP contribution in [0.1, 0.15) is 39.0 Å². The summed E-state index contributed by atoms with van der Waals surface area (Å²) in [7, 11) is 0. The summed E-state index contributed by atoms with van der Waals surface area (Å²) < 4.78 is 0. The number of nitrogens with one attached hydrogen (secondary N) is 3. The second kappa shape index (κ2) is 6.81. The summed E-state index contributed by atoms with van der Waals surface area (Å²) in [4.78, 5) is 23.2. The van der Waals surface area contributed by atoms with Crippen LogP contribution in [0.4, 0.5) is 5.82 Å². The highest BCUT2D eigenvalue weighted by molar-refractivity contribution is 5.73. The number of aromatic nitrogens is 2. The highest BCUT2D eigenvalue weighted by Crippen LogP contribution is 2.20. The van der Waals surface area contributed by atoms with E-state index in [1.54, 1.807) is 6.92 Å². The van der Waals surface area contributed by atoms with Gasteiger partial charge in [0.2, 0.25) is 5.91 Å². The SMILES string of the molecule is CC(=O)NC1CCCC(Nc2n[nH]c(=O)c3c2=CCC=CC=3)C1. The van der Waals surface area contributed by atoms with E-state index in [1.807, 2.05) is 24.3 Å². The Bertz CT molecular complexity index is 794. The first-order chi connectivity index (χ1) is 11.1. The van der Waals surface area contributed by atoms with E-state index in [1.165, 1.54) is 0 Å². The topological polar surface area (TPSA) is 86.9 Å². The fourth-order valence-electron chi connectivity index (χ4n) is 3.32. The van der Waals surface area contributed by atoms with Crippen molar-refractivity contribution in [3.63, 3.8) is 0 Å². The molecule has 2 unspecified atom stereocenters. The minimum atomic E-state index is -0.173. The molecule has 0 radical (unpaired) electrons. The fourth-order valence-corrected chi connectivity index (χ4v) is 3.32. The molecule has 0 spiro atoms. The van der Waals surface area contributed by atoms with Crippen LogP contribution in [0.15, 0.2) is 16.9 Å². The molecule has 2 atom stereocenters. The van der Waals surface area contributed by atoms with Gasteiger partial charge in [0, 0.05) is 24.2 Å². The molecule has 2 aliphatic carbocycles. The Labute approximate surface area is 134 Å². The zero-order valence-corrected chi connectivity index (χ0v) is 13.3. The maximum absolute atomic E-state index is 12.0. The summed E-state index contributed by atoms with van der Waals surface area (Å²) in [6, 6.07) is 0.449. The molecule has 1 saturated carbocycles. The van der Waals surface area contributed by atoms with Gasteiger partial charge in [-0.2, -0.15) is 5.10 Å². The van der Waals surface area contributed by atoms with Gasteiger partial charge in [-0.3, -0.25) is 9.59 Å². The molecule has 1 heterocycles. The average molecular weight is 314 g/mol. The van der Waals surface area contributed by atoms with Gasteiger partial charge in [0.15, 0.2) is 5.82 Å². The summed E-state index contributed by atoms with van der Waals surface area (Å²) in [6.45, 7) is 1.55. The van der Waals surface area contributed by atoms with Crippen LogP contribution >= 0.6 is 0 Å². The van der Waals surface area contributed by atoms with Crippen LogP contribution in [0.3, 0.4) is 0 Å². The third-order valence-corrected chi connectivity index (χ3v) is 4.34. The molecule has 122 valence electrons. The van der Waals surface area contributed by atoms with Crippen LogP contribution < -0.4 is 26.6 Å². The van der Waals surface area contributed by atoms with Crippen LogP contribution in [0.25, 0.3) is 12.2 Å². The predicted molar refractivity (Wildman–Crippen MR) is 90.3 cm³/mol. The molecule has 23 heavy (non-hydrogen) atoms. The van der Waals surface area contributed by atoms with E-state index in [-0.39, 0.29) is 23.6 Å². The number of amides is 1. The van der Waals surface area contributed by atoms with Gasteiger partial charge in [-0.15, -0.1) is 0 Å². The normalized spacial score (nSPS) is 23.0. The van der Waals surface area contributed by atoms with E-state index in [0.717, 1.165) is 37.3 Å². The van der Waals surface area contributed by atoms with Gasteiger partial charge in [0.25, 0.3) is 5.56 Å². The minimum Gasteiger partial charge on any atom is -0.365 e. The Morgan fingerprint density at radius 2 is 2.13 bits per heavy atom. The lowest BCUT2D eigenvalue weighted by atomic mass is 9.91. The van der Waals surface area contributed by atoms with Crippen LogP contribution in [0, 0.1) is 0 Å². The first-order valence-electron chi connectivity index (χ1n) is 8.13. The molecule has 0 bridgehead atoms. The van der Waals surface area contributed by atoms with Crippen LogP contribution in [0.2, 0.25) is 0 Å². The second-order valence-electron chi connectivity index (χ2n) is 6.17. The van der Waals surface area contributed by atoms with Crippen LogP contribution in [-0.2, 0) is 4.79 Å². The van der Waals surface area contributed by atoms with E-state index in [9.17, 15) is 9.59 Å². The summed E-state index contributed by atoms with van der Waals surface area (Å²) in [6.07, 6.45) is 12.5. The largest absolute Gasteiger partial charge is 0.365 e. The molecule has 0 aliphatic heterocycles. The molecule has 3 rings (SSSR count). The Balaban J connectivity index is 1.83. The Morgan fingerprint density at radius 1 is 1.30 bits per heavy atom. The molecule has 2 aliphatic rings. The zero-order valence-electron chi connectivity index (χ0n) is 13.3. The number of carbonyl (C=O) groups is 1. The summed E-state index contributed by atoms with van der Waals surface area (Å²) in [5.74, 6) is 0.730. The molecule has 3 N–H and O–H groups in total. The van der Waals surface area contributed by atoms with Gasteiger partial charge in [-0.25, -0.2) is 5.10 Å². The molecule has 0 saturated heterocycles. The van der Waals surface area contributed by atoms with Gasteiger partial charge in [-0.05, 0) is 38.2 Å². The fraction of sp³-hybridized carbons (Fsp3) is 0.471. The second-order valence-corrected chi connectivity index (χ2v) is 6.17. The lowest BCUT2D eigenvalue weighted by Crippen LogP contribution is -2.46. The van der Waals surface area contributed by atoms with Gasteiger partial charge < -0.3 is 10.6 Å². The van der Waals surface area contributed by atoms with E-state index in [0.29, 0.717) is 11.0 Å². The van der Waals surface area contributed by atoms with Crippen LogP contribution in [-0.4, -0.2) is 28.2 Å². The van der Waals surface area contributed by atoms with Gasteiger partial charge in [-0.1, -0.05) is 18.2 Å². The van der Waals surface area contributed by atoms with Gasteiger partial charge in [0.05, 0.1) is 5.22 Å². The number of nitrogens with zero attached hydrogens (tertiary/aromatic N) is 1. The van der Waals surface area contributed by atoms with Crippen molar-refractivity contribution in [3.8, 4) is 0 Å². The Hall–Kier alpha value is -2.37. The predicted octanol–water partition coefficient (Wildman–Crippen LogP) is 0.150. The summed E-state index contributed by atoms with van der Waals surface area (Å²) in [5.41, 5.74) is -0.173. The van der Waals surface area contributed by atoms with E-state index < -0.39 is 0 Å². The van der Waals surface area contributed by atoms with Crippen molar-refractivity contribution in [2.24, 2.45) is 0 Å². The maximum Gasteiger partial charge on any atom is 0.272 e. The lowest BCUT2D eigenvalue weighted by molar-refractivity contribution is -0.119. The first-order valence-corrected chi connectivity index (χ1v) is 8.13. The van der Waals surface area contributed by atoms with Crippen molar-refractivity contribution in [3.05, 3.63) is 32.9 Å². The van der Waals surface area contributed by atoms with Crippen molar-refractivity contribution in [2.45, 2.75) is 51.1 Å². The van der Waals surface area contributed by atoms with Crippen molar-refractivity contribution >= 4 is 23.9 Å². The first kappa shape index (κ1) is 15.5. The quantitative estimate of drug-likeness (QED) is 0.741. The monoisotopic (exact) mass is 314 g/mol. The average Bonchev–Trinajstić information content (AvgIpc) is 2.76. The molecular weight excluding hydrogens is 292 g/mol. The number of aromatic amines is 1. The Morgan fingerprint density at radius 3 is 2.96 bits per heavy atom. The third-order valence-electron chi connectivity index (χ3n) is 4.34. The molecular formula is C17H22N4O2. The van der Waals surface area contributed by atoms with Crippen molar-refractivity contribution in [2.75, 3.05) is 5.32 Å². The van der Waals surface area contributed by atoms with E-state index >= 15 is 0 Å². The highest BCUT2D eigenvalue weighted by atomic mass is 16.1. The smallest absolute Gasteiger partial charge is 0.272 e. The number of H-pyrrole nitrogens is 1. The molecule has 6 heteroatoms. The van der Waals surface area contributed by atoms with Gasteiger partial charge in [0.1, 0.15) is 0 Å². The third kappa shape index (κ3) is 3.70. The molecule has 1 aromatic rings. The van der Waals surface area contributed by atoms with E-state index in [4.69, 9.17) is 0 Å². The number of anilines is 1. The van der Waals surface area contributed by atoms with Gasteiger partial charge >= 0.3 is 0 Å². The number of carbonyl (C=O) groups excluding carboxylic acids is 1. The number of fused-ring (bicyclic) bond motifs is 1. The van der Waals surface area contributed by atoms with Crippen molar-refractivity contribution < 1.29 is 4.79 Å². The number of allylic oxidation sites excluding steroid dienone is 2. The molecule has 0 aromatic carbocycles. The molecule has 1 fully saturated rings. The molecule has 1 amide bonds. The standard InChI is InChI=1S/C17H22N4O2/c1-11(22)18-12-6-5-7-13(10-12)19-16-14-8-3-2-4-9-15(14)17(23)21-20-16/h2,4,8-9,12-13H,3,5-7,10H2,1H3,(H,18,22)(H,19,20)(H,21,23). The Kier molecular flexibility index (Phi) is 4.60. The van der Waals surface area contributed by atoms with Crippen molar-refractivity contribution in [1.29, 1.82) is 0 Å². The summed E-state index contributed by atoms with van der Waals surface area (Å²) >= 11 is 0.